The Labute approximate surface area is 215 Å². The molecule has 0 aromatic carbocycles. The predicted octanol–water partition coefficient (Wildman–Crippen LogP) is 4.51. The molecule has 0 radical (unpaired) electrons. The van der Waals surface area contributed by atoms with Crippen LogP contribution in [0.1, 0.15) is 51.7 Å². The minimum atomic E-state index is -1.13. The Bertz CT molecular complexity index is 1350. The van der Waals surface area contributed by atoms with Gasteiger partial charge in [-0.25, -0.2) is 4.79 Å². The Morgan fingerprint density at radius 1 is 1.35 bits per heavy atom. The molecule has 1 unspecified atom stereocenters. The van der Waals surface area contributed by atoms with Gasteiger partial charge >= 0.3 is 11.6 Å². The number of carbonyl (C=O) groups is 1. The number of nitrogens with zero attached hydrogens (tertiary/aromatic N) is 2. The Morgan fingerprint density at radius 3 is 2.81 bits per heavy atom. The molecule has 2 aliphatic carbocycles. The molecule has 37 heavy (non-hydrogen) atoms. The van der Waals surface area contributed by atoms with Crippen LogP contribution in [0.5, 0.6) is 5.75 Å². The molecule has 0 saturated heterocycles. The van der Waals surface area contributed by atoms with Crippen LogP contribution >= 0.6 is 0 Å². The molecule has 0 amide bonds. The number of carbonyl (C=O) groups excluding carboxylic acids is 1. The van der Waals surface area contributed by atoms with E-state index in [0.29, 0.717) is 30.4 Å². The van der Waals surface area contributed by atoms with Crippen LogP contribution in [0, 0.1) is 35.0 Å². The van der Waals surface area contributed by atoms with Crippen molar-refractivity contribution in [2.45, 2.75) is 57.8 Å². The maximum absolute atomic E-state index is 13.2. The second-order valence-corrected chi connectivity index (χ2v) is 10.6. The van der Waals surface area contributed by atoms with Gasteiger partial charge in [0.15, 0.2) is 0 Å². The van der Waals surface area contributed by atoms with Gasteiger partial charge < -0.3 is 19.0 Å². The standard InChI is InChI=1S/C29H30N2O6/c1-16(2)20-11-21-26(32)25-23(13-22(35-28(25)34)19-5-4-10-31-15-19)37-29(21,3)24(12-20)36-27(33)18-8-6-17(14-30)7-9-18/h4-8,10,13,15-16,18,20-21,24,26,32H,9,11-12H2,1-3H3/t18?,20-,21-,24-,26+,29-/m0/s1. The van der Waals surface area contributed by atoms with Crippen LogP contribution in [0.3, 0.4) is 0 Å². The van der Waals surface area contributed by atoms with Crippen molar-refractivity contribution in [1.82, 2.24) is 4.98 Å². The van der Waals surface area contributed by atoms with Crippen molar-refractivity contribution >= 4 is 5.97 Å². The smallest absolute Gasteiger partial charge is 0.345 e. The number of pyridine rings is 1. The maximum Gasteiger partial charge on any atom is 0.345 e. The average molecular weight is 503 g/mol. The van der Waals surface area contributed by atoms with E-state index in [4.69, 9.17) is 19.2 Å². The number of hydrogen-bond acceptors (Lipinski definition) is 8. The van der Waals surface area contributed by atoms with Crippen molar-refractivity contribution in [2.75, 3.05) is 0 Å². The number of aliphatic hydroxyl groups excluding tert-OH is 1. The Balaban J connectivity index is 1.50. The molecule has 6 atom stereocenters. The normalized spacial score (nSPS) is 30.4. The van der Waals surface area contributed by atoms with E-state index in [9.17, 15) is 14.7 Å². The van der Waals surface area contributed by atoms with Gasteiger partial charge in [0.1, 0.15) is 28.8 Å². The van der Waals surface area contributed by atoms with Crippen LogP contribution in [0.15, 0.2) is 63.6 Å². The number of fused-ring (bicyclic) bond motifs is 2. The second kappa shape index (κ2) is 9.64. The summed E-state index contributed by atoms with van der Waals surface area (Å²) in [5.41, 5.74) is -0.493. The van der Waals surface area contributed by atoms with Gasteiger partial charge in [0, 0.05) is 35.5 Å². The van der Waals surface area contributed by atoms with Crippen molar-refractivity contribution < 1.29 is 23.8 Å². The molecule has 1 saturated carbocycles. The van der Waals surface area contributed by atoms with Gasteiger partial charge in [-0.1, -0.05) is 26.0 Å². The highest BCUT2D eigenvalue weighted by atomic mass is 16.6. The summed E-state index contributed by atoms with van der Waals surface area (Å²) in [5.74, 6) is -0.427. The zero-order valence-electron chi connectivity index (χ0n) is 21.1. The number of ether oxygens (including phenoxy) is 2. The fourth-order valence-electron chi connectivity index (χ4n) is 5.72. The molecule has 1 fully saturated rings. The first-order chi connectivity index (χ1) is 17.7. The molecule has 3 aliphatic rings. The van der Waals surface area contributed by atoms with Gasteiger partial charge in [0.2, 0.25) is 0 Å². The summed E-state index contributed by atoms with van der Waals surface area (Å²) >= 11 is 0. The minimum absolute atomic E-state index is 0.0916. The van der Waals surface area contributed by atoms with E-state index in [0.717, 1.165) is 0 Å². The summed E-state index contributed by atoms with van der Waals surface area (Å²) in [6.45, 7) is 6.05. The Hall–Kier alpha value is -3.70. The van der Waals surface area contributed by atoms with Crippen LogP contribution in [-0.2, 0) is 9.53 Å². The topological polar surface area (TPSA) is 123 Å². The summed E-state index contributed by atoms with van der Waals surface area (Å²) in [5, 5.41) is 20.6. The molecule has 2 aromatic heterocycles. The SMILES string of the molecule is CC(C)[C@@H]1C[C@H](OC(=O)C2C=CC(C#N)=CC2)[C@@]2(C)Oc3cc(-c4cccnc4)oc(=O)c3[C@H](O)[C@@H]2C1. The van der Waals surface area contributed by atoms with E-state index in [2.05, 4.69) is 24.9 Å². The molecule has 3 heterocycles. The monoisotopic (exact) mass is 502 g/mol. The zero-order valence-corrected chi connectivity index (χ0v) is 21.1. The van der Waals surface area contributed by atoms with Crippen LogP contribution < -0.4 is 10.4 Å². The molecule has 0 bridgehead atoms. The molecular formula is C29H30N2O6. The predicted molar refractivity (Wildman–Crippen MR) is 134 cm³/mol. The highest BCUT2D eigenvalue weighted by molar-refractivity contribution is 5.76. The summed E-state index contributed by atoms with van der Waals surface area (Å²) < 4.78 is 18.2. The Morgan fingerprint density at radius 2 is 2.16 bits per heavy atom. The van der Waals surface area contributed by atoms with Crippen LogP contribution in [0.4, 0.5) is 0 Å². The lowest BCUT2D eigenvalue weighted by molar-refractivity contribution is -0.197. The van der Waals surface area contributed by atoms with Crippen LogP contribution in [0.25, 0.3) is 11.3 Å². The van der Waals surface area contributed by atoms with Crippen molar-refractivity contribution in [3.8, 4) is 23.1 Å². The van der Waals surface area contributed by atoms with Crippen molar-refractivity contribution in [3.63, 3.8) is 0 Å². The third-order valence-corrected chi connectivity index (χ3v) is 8.08. The van der Waals surface area contributed by atoms with Gasteiger partial charge in [-0.3, -0.25) is 9.78 Å². The molecule has 192 valence electrons. The molecule has 8 heteroatoms. The fraction of sp³-hybridized carbons (Fsp3) is 0.448. The fourth-order valence-corrected chi connectivity index (χ4v) is 5.72. The van der Waals surface area contributed by atoms with Crippen molar-refractivity contribution in [2.24, 2.45) is 23.7 Å². The van der Waals surface area contributed by atoms with E-state index in [1.165, 1.54) is 0 Å². The maximum atomic E-state index is 13.2. The van der Waals surface area contributed by atoms with Gasteiger partial charge in [-0.2, -0.15) is 5.26 Å². The lowest BCUT2D eigenvalue weighted by atomic mass is 9.63. The summed E-state index contributed by atoms with van der Waals surface area (Å²) in [6, 6.07) is 7.18. The summed E-state index contributed by atoms with van der Waals surface area (Å²) in [7, 11) is 0. The number of hydrogen-bond donors (Lipinski definition) is 1. The van der Waals surface area contributed by atoms with Gasteiger partial charge in [0.05, 0.1) is 18.1 Å². The summed E-state index contributed by atoms with van der Waals surface area (Å²) in [6.07, 6.45) is 8.06. The first-order valence-electron chi connectivity index (χ1n) is 12.7. The second-order valence-electron chi connectivity index (χ2n) is 10.6. The van der Waals surface area contributed by atoms with E-state index in [1.54, 1.807) is 48.8 Å². The average Bonchev–Trinajstić information content (AvgIpc) is 2.89. The van der Waals surface area contributed by atoms with Crippen molar-refractivity contribution in [1.29, 1.82) is 5.26 Å². The van der Waals surface area contributed by atoms with Gasteiger partial charge in [0.25, 0.3) is 0 Å². The largest absolute Gasteiger partial charge is 0.482 e. The van der Waals surface area contributed by atoms with Crippen LogP contribution in [-0.4, -0.2) is 27.8 Å². The van der Waals surface area contributed by atoms with E-state index in [1.807, 2.05) is 6.92 Å². The Kier molecular flexibility index (Phi) is 6.50. The van der Waals surface area contributed by atoms with Gasteiger partial charge in [-0.15, -0.1) is 0 Å². The molecule has 5 rings (SSSR count). The van der Waals surface area contributed by atoms with Crippen LogP contribution in [0.2, 0.25) is 0 Å². The van der Waals surface area contributed by atoms with E-state index < -0.39 is 41.2 Å². The van der Waals surface area contributed by atoms with E-state index >= 15 is 0 Å². The molecular weight excluding hydrogens is 472 g/mol. The molecule has 2 aromatic rings. The number of aliphatic hydroxyl groups is 1. The van der Waals surface area contributed by atoms with E-state index in [-0.39, 0.29) is 28.9 Å². The van der Waals surface area contributed by atoms with Crippen molar-refractivity contribution in [3.05, 3.63) is 70.4 Å². The molecule has 1 N–H and O–H groups in total. The first-order valence-corrected chi connectivity index (χ1v) is 12.7. The highest BCUT2D eigenvalue weighted by Gasteiger charge is 2.58. The number of rotatable bonds is 4. The first kappa shape index (κ1) is 25.0. The number of aromatic nitrogens is 1. The lowest BCUT2D eigenvalue weighted by Gasteiger charge is -2.53. The lowest BCUT2D eigenvalue weighted by Crippen LogP contribution is -2.61. The summed E-state index contributed by atoms with van der Waals surface area (Å²) in [4.78, 5) is 30.3. The zero-order chi connectivity index (χ0) is 26.3. The number of nitriles is 1. The number of allylic oxidation sites excluding steroid dienone is 3. The molecule has 0 spiro atoms. The molecule has 1 aliphatic heterocycles. The highest BCUT2D eigenvalue weighted by Crippen LogP contribution is 2.53. The third kappa shape index (κ3) is 4.49. The number of esters is 1. The molecule has 8 nitrogen and oxygen atoms in total. The van der Waals surface area contributed by atoms with Gasteiger partial charge in [-0.05, 0) is 56.2 Å². The minimum Gasteiger partial charge on any atom is -0.482 e. The third-order valence-electron chi connectivity index (χ3n) is 8.08. The quantitative estimate of drug-likeness (QED) is 0.606.